The highest BCUT2D eigenvalue weighted by Gasteiger charge is 2.11. The summed E-state index contributed by atoms with van der Waals surface area (Å²) in [6.45, 7) is 5.03. The summed E-state index contributed by atoms with van der Waals surface area (Å²) < 4.78 is 13.8. The van der Waals surface area contributed by atoms with Crippen LogP contribution >= 0.6 is 15.9 Å². The first-order chi connectivity index (χ1) is 10.2. The Labute approximate surface area is 132 Å². The molecule has 0 unspecified atom stereocenters. The van der Waals surface area contributed by atoms with Gasteiger partial charge in [0.15, 0.2) is 0 Å². The first kappa shape index (κ1) is 15.7. The van der Waals surface area contributed by atoms with Gasteiger partial charge in [0, 0.05) is 16.6 Å². The van der Waals surface area contributed by atoms with Crippen molar-refractivity contribution in [1.29, 1.82) is 0 Å². The Hall–Kier alpha value is -1.69. The van der Waals surface area contributed by atoms with Crippen LogP contribution in [0.4, 0.5) is 21.7 Å². The molecule has 1 aromatic carbocycles. The van der Waals surface area contributed by atoms with Crippen molar-refractivity contribution in [2.45, 2.75) is 26.7 Å². The van der Waals surface area contributed by atoms with Crippen LogP contribution in [0.1, 0.15) is 25.8 Å². The van der Waals surface area contributed by atoms with Gasteiger partial charge in [0.2, 0.25) is 0 Å². The molecule has 0 fully saturated rings. The minimum Gasteiger partial charge on any atom is -0.370 e. The number of hydrogen-bond donors (Lipinski definition) is 2. The topological polar surface area (TPSA) is 49.8 Å². The molecule has 0 aliphatic heterocycles. The van der Waals surface area contributed by atoms with E-state index in [0.29, 0.717) is 4.47 Å². The first-order valence-electron chi connectivity index (χ1n) is 6.95. The number of hydrogen-bond acceptors (Lipinski definition) is 4. The molecule has 0 radical (unpaired) electrons. The van der Waals surface area contributed by atoms with Gasteiger partial charge in [-0.05, 0) is 47.0 Å². The fourth-order valence-electron chi connectivity index (χ4n) is 1.97. The minimum absolute atomic E-state index is 0.281. The normalized spacial score (nSPS) is 10.5. The maximum atomic E-state index is 13.1. The lowest BCUT2D eigenvalue weighted by atomic mass is 10.2. The zero-order valence-electron chi connectivity index (χ0n) is 12.1. The summed E-state index contributed by atoms with van der Waals surface area (Å²) in [6.07, 6.45) is 3.35. The zero-order chi connectivity index (χ0) is 15.2. The summed E-state index contributed by atoms with van der Waals surface area (Å²) in [7, 11) is 0. The molecular formula is C15H18BrFN4. The van der Waals surface area contributed by atoms with Gasteiger partial charge in [0.25, 0.3) is 0 Å². The minimum atomic E-state index is -0.281. The highest BCUT2D eigenvalue weighted by molar-refractivity contribution is 9.10. The molecule has 0 amide bonds. The number of benzene rings is 1. The molecule has 2 aromatic rings. The lowest BCUT2D eigenvalue weighted by Crippen LogP contribution is -2.08. The number of nitrogens with one attached hydrogen (secondary N) is 2. The fraction of sp³-hybridized carbons (Fsp3) is 0.333. The highest BCUT2D eigenvalue weighted by Crippen LogP contribution is 2.29. The lowest BCUT2D eigenvalue weighted by Gasteiger charge is -2.15. The third kappa shape index (κ3) is 3.91. The molecule has 112 valence electrons. The Bertz CT molecular complexity index is 619. The summed E-state index contributed by atoms with van der Waals surface area (Å²) in [5.41, 5.74) is 1.79. The van der Waals surface area contributed by atoms with Crippen molar-refractivity contribution in [3.63, 3.8) is 0 Å². The Morgan fingerprint density at radius 2 is 1.95 bits per heavy atom. The molecule has 0 saturated heterocycles. The molecule has 0 aliphatic rings. The number of rotatable bonds is 6. The summed E-state index contributed by atoms with van der Waals surface area (Å²) in [5, 5.41) is 6.53. The van der Waals surface area contributed by atoms with Crippen LogP contribution in [0.2, 0.25) is 0 Å². The van der Waals surface area contributed by atoms with Crippen molar-refractivity contribution >= 4 is 33.3 Å². The number of halogens is 2. The number of anilines is 3. The molecule has 0 bridgehead atoms. The van der Waals surface area contributed by atoms with E-state index in [4.69, 9.17) is 0 Å². The largest absolute Gasteiger partial charge is 0.370 e. The van der Waals surface area contributed by atoms with Gasteiger partial charge in [0.1, 0.15) is 23.8 Å². The van der Waals surface area contributed by atoms with Crippen molar-refractivity contribution < 1.29 is 4.39 Å². The van der Waals surface area contributed by atoms with Crippen LogP contribution in [0.5, 0.6) is 0 Å². The molecule has 1 aromatic heterocycles. The average molecular weight is 353 g/mol. The number of aromatic nitrogens is 2. The van der Waals surface area contributed by atoms with Crippen LogP contribution in [0.25, 0.3) is 0 Å². The van der Waals surface area contributed by atoms with Crippen molar-refractivity contribution in [2.24, 2.45) is 0 Å². The second-order valence-corrected chi connectivity index (χ2v) is 5.43. The van der Waals surface area contributed by atoms with E-state index in [1.54, 1.807) is 6.07 Å². The Balaban J connectivity index is 2.30. The SMILES string of the molecule is CCCNc1ncnc(Nc2ccc(F)cc2Br)c1CC. The average Bonchev–Trinajstić information content (AvgIpc) is 2.48. The molecule has 1 heterocycles. The van der Waals surface area contributed by atoms with Gasteiger partial charge >= 0.3 is 0 Å². The zero-order valence-corrected chi connectivity index (χ0v) is 13.7. The molecule has 6 heteroatoms. The fourth-order valence-corrected chi connectivity index (χ4v) is 2.42. The van der Waals surface area contributed by atoms with Gasteiger partial charge in [-0.1, -0.05) is 13.8 Å². The molecule has 0 saturated carbocycles. The predicted octanol–water partition coefficient (Wildman–Crippen LogP) is 4.51. The van der Waals surface area contributed by atoms with E-state index >= 15 is 0 Å². The maximum Gasteiger partial charge on any atom is 0.139 e. The van der Waals surface area contributed by atoms with Crippen LogP contribution in [-0.2, 0) is 6.42 Å². The first-order valence-corrected chi connectivity index (χ1v) is 7.74. The van der Waals surface area contributed by atoms with Gasteiger partial charge in [-0.15, -0.1) is 0 Å². The molecule has 2 rings (SSSR count). The van der Waals surface area contributed by atoms with Crippen LogP contribution in [-0.4, -0.2) is 16.5 Å². The smallest absolute Gasteiger partial charge is 0.139 e. The van der Waals surface area contributed by atoms with E-state index < -0.39 is 0 Å². The van der Waals surface area contributed by atoms with E-state index in [1.165, 1.54) is 18.5 Å². The third-order valence-corrected chi connectivity index (χ3v) is 3.68. The van der Waals surface area contributed by atoms with Crippen molar-refractivity contribution in [3.05, 3.63) is 40.4 Å². The van der Waals surface area contributed by atoms with Gasteiger partial charge in [-0.2, -0.15) is 0 Å². The summed E-state index contributed by atoms with van der Waals surface area (Å²) >= 11 is 3.35. The van der Waals surface area contributed by atoms with Crippen LogP contribution in [0, 0.1) is 5.82 Å². The maximum absolute atomic E-state index is 13.1. The molecule has 0 spiro atoms. The van der Waals surface area contributed by atoms with Gasteiger partial charge in [0.05, 0.1) is 5.69 Å². The van der Waals surface area contributed by atoms with Crippen LogP contribution in [0.15, 0.2) is 29.0 Å². The molecule has 2 N–H and O–H groups in total. The Kier molecular flexibility index (Phi) is 5.50. The highest BCUT2D eigenvalue weighted by atomic mass is 79.9. The van der Waals surface area contributed by atoms with E-state index in [1.807, 2.05) is 0 Å². The summed E-state index contributed by atoms with van der Waals surface area (Å²) in [6, 6.07) is 4.52. The second kappa shape index (κ2) is 7.36. The standard InChI is InChI=1S/C15H18BrFN4/c1-3-7-18-14-11(4-2)15(20-9-19-14)21-13-6-5-10(17)8-12(13)16/h5-6,8-9H,3-4,7H2,1-2H3,(H2,18,19,20,21). The van der Waals surface area contributed by atoms with E-state index in [-0.39, 0.29) is 5.82 Å². The molecule has 0 atom stereocenters. The monoisotopic (exact) mass is 352 g/mol. The van der Waals surface area contributed by atoms with Crippen LogP contribution in [0.3, 0.4) is 0 Å². The van der Waals surface area contributed by atoms with Gasteiger partial charge in [-0.3, -0.25) is 0 Å². The van der Waals surface area contributed by atoms with Crippen molar-refractivity contribution in [2.75, 3.05) is 17.2 Å². The van der Waals surface area contributed by atoms with E-state index in [2.05, 4.69) is 50.4 Å². The molecule has 0 aliphatic carbocycles. The van der Waals surface area contributed by atoms with Gasteiger partial charge < -0.3 is 10.6 Å². The summed E-state index contributed by atoms with van der Waals surface area (Å²) in [4.78, 5) is 8.59. The number of nitrogens with zero attached hydrogens (tertiary/aromatic N) is 2. The summed E-state index contributed by atoms with van der Waals surface area (Å²) in [5.74, 6) is 1.30. The quantitative estimate of drug-likeness (QED) is 0.803. The van der Waals surface area contributed by atoms with E-state index in [9.17, 15) is 4.39 Å². The van der Waals surface area contributed by atoms with Crippen LogP contribution < -0.4 is 10.6 Å². The van der Waals surface area contributed by atoms with Crippen molar-refractivity contribution in [1.82, 2.24) is 9.97 Å². The lowest BCUT2D eigenvalue weighted by molar-refractivity contribution is 0.627. The van der Waals surface area contributed by atoms with Gasteiger partial charge in [-0.25, -0.2) is 14.4 Å². The molecule has 21 heavy (non-hydrogen) atoms. The second-order valence-electron chi connectivity index (χ2n) is 4.58. The van der Waals surface area contributed by atoms with E-state index in [0.717, 1.165) is 42.3 Å². The van der Waals surface area contributed by atoms with Crippen molar-refractivity contribution in [3.8, 4) is 0 Å². The predicted molar refractivity (Wildman–Crippen MR) is 87.6 cm³/mol. The Morgan fingerprint density at radius 1 is 1.19 bits per heavy atom. The third-order valence-electron chi connectivity index (χ3n) is 3.03. The Morgan fingerprint density at radius 3 is 2.62 bits per heavy atom. The molecular weight excluding hydrogens is 335 g/mol. The molecule has 4 nitrogen and oxygen atoms in total.